The molecule has 1 aliphatic heterocycles. The van der Waals surface area contributed by atoms with Gasteiger partial charge in [0.1, 0.15) is 18.3 Å². The Bertz CT molecular complexity index is 614. The first-order chi connectivity index (χ1) is 11.1. The van der Waals surface area contributed by atoms with Crippen molar-refractivity contribution in [1.82, 2.24) is 5.32 Å². The lowest BCUT2D eigenvalue weighted by molar-refractivity contribution is -0.148. The maximum atomic E-state index is 12.4. The maximum Gasteiger partial charge on any atom is 0.341 e. The zero-order chi connectivity index (χ0) is 16.8. The van der Waals surface area contributed by atoms with Crippen molar-refractivity contribution < 1.29 is 23.8 Å². The summed E-state index contributed by atoms with van der Waals surface area (Å²) in [5, 5.41) is 2.72. The van der Waals surface area contributed by atoms with Crippen LogP contribution >= 0.6 is 0 Å². The first kappa shape index (κ1) is 17.0. The SMILES string of the molecule is COCCOC(=O)C1C(C)=NC(=O)NC1c1ccccc1OC. The number of carbonyl (C=O) groups is 2. The second-order valence-electron chi connectivity index (χ2n) is 5.06. The monoisotopic (exact) mass is 320 g/mol. The number of carbonyl (C=O) groups excluding carboxylic acids is 2. The van der Waals surface area contributed by atoms with Crippen LogP contribution in [0.2, 0.25) is 0 Å². The Kier molecular flexibility index (Phi) is 5.70. The number of nitrogens with zero attached hydrogens (tertiary/aromatic N) is 1. The number of aliphatic imine (C=N–C) groups is 1. The topological polar surface area (TPSA) is 86.2 Å². The van der Waals surface area contributed by atoms with Crippen molar-refractivity contribution in [1.29, 1.82) is 0 Å². The van der Waals surface area contributed by atoms with Crippen LogP contribution in [-0.4, -0.2) is 45.1 Å². The van der Waals surface area contributed by atoms with Crippen LogP contribution in [0.15, 0.2) is 29.3 Å². The van der Waals surface area contributed by atoms with Gasteiger partial charge in [-0.15, -0.1) is 0 Å². The fraction of sp³-hybridized carbons (Fsp3) is 0.438. The normalized spacial score (nSPS) is 20.5. The molecule has 2 unspecified atom stereocenters. The van der Waals surface area contributed by atoms with Crippen molar-refractivity contribution >= 4 is 17.7 Å². The van der Waals surface area contributed by atoms with E-state index in [9.17, 15) is 9.59 Å². The van der Waals surface area contributed by atoms with E-state index in [4.69, 9.17) is 14.2 Å². The van der Waals surface area contributed by atoms with E-state index >= 15 is 0 Å². The Hall–Kier alpha value is -2.41. The minimum absolute atomic E-state index is 0.145. The highest BCUT2D eigenvalue weighted by Gasteiger charge is 2.39. The van der Waals surface area contributed by atoms with E-state index in [1.54, 1.807) is 19.1 Å². The molecule has 0 aromatic heterocycles. The van der Waals surface area contributed by atoms with Crippen molar-refractivity contribution in [3.05, 3.63) is 29.8 Å². The smallest absolute Gasteiger partial charge is 0.341 e. The van der Waals surface area contributed by atoms with Crippen LogP contribution in [-0.2, 0) is 14.3 Å². The number of esters is 1. The average molecular weight is 320 g/mol. The second kappa shape index (κ2) is 7.73. The molecule has 1 aromatic rings. The van der Waals surface area contributed by atoms with Gasteiger partial charge in [-0.1, -0.05) is 18.2 Å². The highest BCUT2D eigenvalue weighted by molar-refractivity contribution is 6.08. The number of hydrogen-bond donors (Lipinski definition) is 1. The van der Waals surface area contributed by atoms with Crippen LogP contribution in [0.1, 0.15) is 18.5 Å². The predicted molar refractivity (Wildman–Crippen MR) is 83.7 cm³/mol. The summed E-state index contributed by atoms with van der Waals surface area (Å²) in [6, 6.07) is 6.14. The van der Waals surface area contributed by atoms with Gasteiger partial charge in [-0.3, -0.25) is 4.79 Å². The molecule has 1 aromatic carbocycles. The van der Waals surface area contributed by atoms with E-state index in [0.29, 0.717) is 23.6 Å². The lowest BCUT2D eigenvalue weighted by Crippen LogP contribution is -2.44. The Labute approximate surface area is 134 Å². The van der Waals surface area contributed by atoms with Gasteiger partial charge < -0.3 is 19.5 Å². The van der Waals surface area contributed by atoms with Gasteiger partial charge in [0, 0.05) is 18.4 Å². The van der Waals surface area contributed by atoms with Crippen LogP contribution in [0.4, 0.5) is 4.79 Å². The van der Waals surface area contributed by atoms with Crippen LogP contribution in [0.5, 0.6) is 5.75 Å². The zero-order valence-corrected chi connectivity index (χ0v) is 13.4. The maximum absolute atomic E-state index is 12.4. The average Bonchev–Trinajstić information content (AvgIpc) is 2.54. The van der Waals surface area contributed by atoms with Crippen LogP contribution in [0, 0.1) is 5.92 Å². The number of rotatable bonds is 6. The van der Waals surface area contributed by atoms with E-state index in [2.05, 4.69) is 10.3 Å². The molecule has 2 amide bonds. The molecule has 0 aliphatic carbocycles. The quantitative estimate of drug-likeness (QED) is 0.637. The molecule has 0 bridgehead atoms. The summed E-state index contributed by atoms with van der Waals surface area (Å²) < 4.78 is 15.4. The molecular weight excluding hydrogens is 300 g/mol. The van der Waals surface area contributed by atoms with Gasteiger partial charge in [-0.05, 0) is 13.0 Å². The molecule has 0 radical (unpaired) electrons. The molecule has 0 spiro atoms. The number of para-hydroxylation sites is 1. The molecule has 23 heavy (non-hydrogen) atoms. The van der Waals surface area contributed by atoms with Crippen molar-refractivity contribution in [3.8, 4) is 5.75 Å². The highest BCUT2D eigenvalue weighted by atomic mass is 16.6. The molecule has 7 nitrogen and oxygen atoms in total. The summed E-state index contributed by atoms with van der Waals surface area (Å²) in [7, 11) is 3.06. The number of nitrogens with one attached hydrogen (secondary N) is 1. The second-order valence-corrected chi connectivity index (χ2v) is 5.06. The third-order valence-electron chi connectivity index (χ3n) is 3.60. The van der Waals surface area contributed by atoms with Gasteiger partial charge in [0.25, 0.3) is 0 Å². The van der Waals surface area contributed by atoms with Crippen LogP contribution < -0.4 is 10.1 Å². The number of hydrogen-bond acceptors (Lipinski definition) is 5. The van der Waals surface area contributed by atoms with E-state index < -0.39 is 24.0 Å². The lowest BCUT2D eigenvalue weighted by Gasteiger charge is -2.30. The molecule has 2 rings (SSSR count). The molecule has 0 saturated heterocycles. The Morgan fingerprint density at radius 1 is 1.26 bits per heavy atom. The van der Waals surface area contributed by atoms with Crippen molar-refractivity contribution in [2.75, 3.05) is 27.4 Å². The summed E-state index contributed by atoms with van der Waals surface area (Å²) in [6.07, 6.45) is 0. The van der Waals surface area contributed by atoms with E-state index in [-0.39, 0.29) is 6.61 Å². The Morgan fingerprint density at radius 2 is 2.00 bits per heavy atom. The zero-order valence-electron chi connectivity index (χ0n) is 13.4. The number of amides is 2. The fourth-order valence-electron chi connectivity index (χ4n) is 2.52. The summed E-state index contributed by atoms with van der Waals surface area (Å²) in [4.78, 5) is 28.0. The number of urea groups is 1. The van der Waals surface area contributed by atoms with Crippen LogP contribution in [0.25, 0.3) is 0 Å². The lowest BCUT2D eigenvalue weighted by atomic mass is 9.88. The molecule has 124 valence electrons. The summed E-state index contributed by atoms with van der Waals surface area (Å²) in [6.45, 7) is 2.09. The first-order valence-electron chi connectivity index (χ1n) is 7.22. The van der Waals surface area contributed by atoms with Crippen molar-refractivity contribution in [2.45, 2.75) is 13.0 Å². The first-order valence-corrected chi connectivity index (χ1v) is 7.22. The number of methoxy groups -OCH3 is 2. The van der Waals surface area contributed by atoms with Gasteiger partial charge in [0.2, 0.25) is 0 Å². The largest absolute Gasteiger partial charge is 0.496 e. The molecule has 0 saturated carbocycles. The Balaban J connectivity index is 2.32. The fourth-order valence-corrected chi connectivity index (χ4v) is 2.52. The van der Waals surface area contributed by atoms with E-state index in [1.807, 2.05) is 12.1 Å². The molecule has 2 atom stereocenters. The molecular formula is C16H20N2O5. The summed E-state index contributed by atoms with van der Waals surface area (Å²) in [5.74, 6) is -0.581. The third-order valence-corrected chi connectivity index (χ3v) is 3.60. The van der Waals surface area contributed by atoms with Crippen LogP contribution in [0.3, 0.4) is 0 Å². The molecule has 1 N–H and O–H groups in total. The number of ether oxygens (including phenoxy) is 3. The minimum atomic E-state index is -0.708. The Morgan fingerprint density at radius 3 is 2.70 bits per heavy atom. The van der Waals surface area contributed by atoms with Crippen molar-refractivity contribution in [3.63, 3.8) is 0 Å². The van der Waals surface area contributed by atoms with E-state index in [0.717, 1.165) is 0 Å². The molecule has 1 heterocycles. The molecule has 7 heteroatoms. The molecule has 0 fully saturated rings. The summed E-state index contributed by atoms with van der Waals surface area (Å²) >= 11 is 0. The highest BCUT2D eigenvalue weighted by Crippen LogP contribution is 2.33. The van der Waals surface area contributed by atoms with Gasteiger partial charge in [-0.25, -0.2) is 9.79 Å². The standard InChI is InChI=1S/C16H20N2O5/c1-10-13(15(19)23-9-8-21-2)14(18-16(20)17-10)11-6-4-5-7-12(11)22-3/h4-7,13-14H,8-9H2,1-3H3,(H,18,20). The predicted octanol–water partition coefficient (Wildman–Crippen LogP) is 1.73. The minimum Gasteiger partial charge on any atom is -0.496 e. The van der Waals surface area contributed by atoms with Gasteiger partial charge in [-0.2, -0.15) is 0 Å². The number of benzene rings is 1. The van der Waals surface area contributed by atoms with Gasteiger partial charge in [0.05, 0.1) is 19.8 Å². The van der Waals surface area contributed by atoms with E-state index in [1.165, 1.54) is 14.2 Å². The summed E-state index contributed by atoms with van der Waals surface area (Å²) in [5.41, 5.74) is 1.11. The molecule has 1 aliphatic rings. The van der Waals surface area contributed by atoms with Gasteiger partial charge >= 0.3 is 12.0 Å². The van der Waals surface area contributed by atoms with Gasteiger partial charge in [0.15, 0.2) is 0 Å². The van der Waals surface area contributed by atoms with Crippen molar-refractivity contribution in [2.24, 2.45) is 10.9 Å². The third kappa shape index (κ3) is 3.87.